The minimum atomic E-state index is -1.03. The van der Waals surface area contributed by atoms with Crippen molar-refractivity contribution in [3.8, 4) is 5.69 Å². The summed E-state index contributed by atoms with van der Waals surface area (Å²) in [6, 6.07) is 1.32. The second-order valence-electron chi connectivity index (χ2n) is 6.77. The summed E-state index contributed by atoms with van der Waals surface area (Å²) in [6.45, 7) is 5.50. The van der Waals surface area contributed by atoms with Gasteiger partial charge in [0.05, 0.1) is 35.7 Å². The fourth-order valence-corrected chi connectivity index (χ4v) is 2.61. The third kappa shape index (κ3) is 3.04. The van der Waals surface area contributed by atoms with E-state index in [1.807, 2.05) is 20.8 Å². The van der Waals surface area contributed by atoms with Gasteiger partial charge in [-0.05, 0) is 33.6 Å². The Morgan fingerprint density at radius 3 is 2.61 bits per heavy atom. The summed E-state index contributed by atoms with van der Waals surface area (Å²) in [6.07, 6.45) is 5.21. The van der Waals surface area contributed by atoms with E-state index in [1.165, 1.54) is 21.8 Å². The van der Waals surface area contributed by atoms with Gasteiger partial charge < -0.3 is 5.11 Å². The smallest absolute Gasteiger partial charge is 0.412 e. The minimum Gasteiger partial charge on any atom is -0.465 e. The van der Waals surface area contributed by atoms with Crippen LogP contribution in [0.5, 0.6) is 0 Å². The van der Waals surface area contributed by atoms with E-state index in [9.17, 15) is 14.3 Å². The molecule has 1 saturated carbocycles. The second kappa shape index (κ2) is 5.33. The number of nitrogens with zero attached hydrogens (tertiary/aromatic N) is 4. The van der Waals surface area contributed by atoms with Crippen LogP contribution in [-0.4, -0.2) is 31.5 Å². The Bertz CT molecular complexity index is 747. The van der Waals surface area contributed by atoms with Crippen LogP contribution in [0.1, 0.15) is 45.2 Å². The molecule has 1 fully saturated rings. The van der Waals surface area contributed by atoms with Crippen LogP contribution in [0.25, 0.3) is 5.69 Å². The average molecular weight is 318 g/mol. The number of amides is 1. The van der Waals surface area contributed by atoms with Gasteiger partial charge in [0.2, 0.25) is 0 Å². The van der Waals surface area contributed by atoms with E-state index in [2.05, 4.69) is 10.1 Å². The summed E-state index contributed by atoms with van der Waals surface area (Å²) in [5.74, 6) is -0.199. The Balaban J connectivity index is 2.11. The van der Waals surface area contributed by atoms with Crippen molar-refractivity contribution in [2.75, 3.05) is 4.90 Å². The van der Waals surface area contributed by atoms with Crippen LogP contribution in [0.15, 0.2) is 24.7 Å². The topological polar surface area (TPSA) is 71.2 Å². The van der Waals surface area contributed by atoms with Gasteiger partial charge in [-0.3, -0.25) is 9.88 Å². The molecule has 0 bridgehead atoms. The van der Waals surface area contributed by atoms with Crippen LogP contribution in [0.3, 0.4) is 0 Å². The predicted octanol–water partition coefficient (Wildman–Crippen LogP) is 3.57. The molecular weight excluding hydrogens is 299 g/mol. The lowest BCUT2D eigenvalue weighted by Crippen LogP contribution is -2.45. The van der Waals surface area contributed by atoms with Gasteiger partial charge in [0, 0.05) is 17.5 Å². The molecule has 1 N–H and O–H groups in total. The molecule has 3 rings (SSSR count). The molecule has 23 heavy (non-hydrogen) atoms. The van der Waals surface area contributed by atoms with Crippen LogP contribution in [0.4, 0.5) is 14.9 Å². The highest BCUT2D eigenvalue weighted by atomic mass is 19.1. The van der Waals surface area contributed by atoms with E-state index in [4.69, 9.17) is 0 Å². The molecule has 1 aliphatic rings. The Morgan fingerprint density at radius 1 is 1.39 bits per heavy atom. The number of hydrogen-bond acceptors (Lipinski definition) is 3. The monoisotopic (exact) mass is 318 g/mol. The van der Waals surface area contributed by atoms with Gasteiger partial charge in [-0.2, -0.15) is 5.10 Å². The highest BCUT2D eigenvalue weighted by Crippen LogP contribution is 2.45. The Morgan fingerprint density at radius 2 is 2.09 bits per heavy atom. The first-order valence-electron chi connectivity index (χ1n) is 7.51. The number of pyridine rings is 1. The quantitative estimate of drug-likeness (QED) is 0.939. The zero-order valence-electron chi connectivity index (χ0n) is 13.3. The van der Waals surface area contributed by atoms with Gasteiger partial charge in [0.15, 0.2) is 0 Å². The van der Waals surface area contributed by atoms with Crippen molar-refractivity contribution in [1.82, 2.24) is 14.8 Å². The maximum Gasteiger partial charge on any atom is 0.412 e. The van der Waals surface area contributed by atoms with E-state index in [0.29, 0.717) is 11.4 Å². The molecule has 122 valence electrons. The van der Waals surface area contributed by atoms with Gasteiger partial charge in [0.1, 0.15) is 5.82 Å². The average Bonchev–Trinajstić information content (AvgIpc) is 3.18. The number of hydrogen-bond donors (Lipinski definition) is 1. The fourth-order valence-electron chi connectivity index (χ4n) is 2.61. The van der Waals surface area contributed by atoms with E-state index in [1.54, 1.807) is 6.20 Å². The van der Waals surface area contributed by atoms with E-state index < -0.39 is 17.4 Å². The summed E-state index contributed by atoms with van der Waals surface area (Å²) in [7, 11) is 0. The zero-order chi connectivity index (χ0) is 16.8. The summed E-state index contributed by atoms with van der Waals surface area (Å²) in [4.78, 5) is 16.9. The Labute approximate surface area is 133 Å². The number of halogens is 1. The lowest BCUT2D eigenvalue weighted by Gasteiger charge is -2.32. The lowest BCUT2D eigenvalue weighted by atomic mass is 10.1. The summed E-state index contributed by atoms with van der Waals surface area (Å²) in [5, 5.41) is 14.1. The van der Waals surface area contributed by atoms with Crippen molar-refractivity contribution in [3.05, 3.63) is 36.2 Å². The second-order valence-corrected chi connectivity index (χ2v) is 6.77. The molecule has 2 aromatic heterocycles. The van der Waals surface area contributed by atoms with Crippen molar-refractivity contribution < 1.29 is 14.3 Å². The number of carbonyl (C=O) groups is 1. The maximum atomic E-state index is 13.4. The molecule has 0 aromatic carbocycles. The van der Waals surface area contributed by atoms with Gasteiger partial charge in [-0.1, -0.05) is 0 Å². The SMILES string of the molecule is CC(C)(C)N(C(=O)O)c1cn(-c2cncc(F)c2)nc1C1CC1. The van der Waals surface area contributed by atoms with Crippen LogP contribution in [-0.2, 0) is 0 Å². The first-order chi connectivity index (χ1) is 10.8. The highest BCUT2D eigenvalue weighted by molar-refractivity contribution is 5.88. The zero-order valence-corrected chi connectivity index (χ0v) is 13.3. The summed E-state index contributed by atoms with van der Waals surface area (Å²) < 4.78 is 14.9. The van der Waals surface area contributed by atoms with Crippen LogP contribution >= 0.6 is 0 Å². The van der Waals surface area contributed by atoms with Crippen LogP contribution in [0, 0.1) is 5.82 Å². The van der Waals surface area contributed by atoms with Gasteiger partial charge >= 0.3 is 6.09 Å². The summed E-state index contributed by atoms with van der Waals surface area (Å²) >= 11 is 0. The Kier molecular flexibility index (Phi) is 3.58. The molecule has 0 spiro atoms. The fraction of sp³-hybridized carbons (Fsp3) is 0.438. The molecule has 2 heterocycles. The van der Waals surface area contributed by atoms with Gasteiger partial charge in [0.25, 0.3) is 0 Å². The molecule has 1 amide bonds. The van der Waals surface area contributed by atoms with Crippen LogP contribution in [0.2, 0.25) is 0 Å². The molecule has 1 aliphatic carbocycles. The first kappa shape index (κ1) is 15.5. The summed E-state index contributed by atoms with van der Waals surface area (Å²) in [5.41, 5.74) is 1.16. The van der Waals surface area contributed by atoms with Crippen molar-refractivity contribution >= 4 is 11.8 Å². The molecule has 0 radical (unpaired) electrons. The van der Waals surface area contributed by atoms with E-state index in [0.717, 1.165) is 24.7 Å². The van der Waals surface area contributed by atoms with Gasteiger partial charge in [-0.15, -0.1) is 0 Å². The van der Waals surface area contributed by atoms with E-state index >= 15 is 0 Å². The maximum absolute atomic E-state index is 13.4. The van der Waals surface area contributed by atoms with Crippen molar-refractivity contribution in [3.63, 3.8) is 0 Å². The van der Waals surface area contributed by atoms with Gasteiger partial charge in [-0.25, -0.2) is 13.9 Å². The van der Waals surface area contributed by atoms with Crippen LogP contribution < -0.4 is 4.90 Å². The normalized spacial score (nSPS) is 14.8. The lowest BCUT2D eigenvalue weighted by molar-refractivity contribution is 0.195. The molecular formula is C16H19FN4O2. The molecule has 0 atom stereocenters. The number of carboxylic acid groups (broad SMARTS) is 1. The largest absolute Gasteiger partial charge is 0.465 e. The van der Waals surface area contributed by atoms with Crippen molar-refractivity contribution in [1.29, 1.82) is 0 Å². The molecule has 2 aromatic rings. The first-order valence-corrected chi connectivity index (χ1v) is 7.51. The number of rotatable bonds is 3. The van der Waals surface area contributed by atoms with Crippen molar-refractivity contribution in [2.45, 2.75) is 45.1 Å². The third-order valence-electron chi connectivity index (χ3n) is 3.74. The van der Waals surface area contributed by atoms with Crippen molar-refractivity contribution in [2.24, 2.45) is 0 Å². The molecule has 6 nitrogen and oxygen atoms in total. The molecule has 7 heteroatoms. The minimum absolute atomic E-state index is 0.261. The molecule has 0 saturated heterocycles. The third-order valence-corrected chi connectivity index (χ3v) is 3.74. The standard InChI is InChI=1S/C16H19FN4O2/c1-16(2,3)21(15(22)23)13-9-20(19-14(13)10-4-5-10)12-6-11(17)7-18-8-12/h6-10H,4-5H2,1-3H3,(H,22,23). The number of aromatic nitrogens is 3. The predicted molar refractivity (Wildman–Crippen MR) is 83.5 cm³/mol. The number of anilines is 1. The van der Waals surface area contributed by atoms with E-state index in [-0.39, 0.29) is 5.92 Å². The highest BCUT2D eigenvalue weighted by Gasteiger charge is 2.37. The molecule has 0 aliphatic heterocycles. The Hall–Kier alpha value is -2.44. The molecule has 0 unspecified atom stereocenters.